The van der Waals surface area contributed by atoms with Crippen LogP contribution in [0.15, 0.2) is 146 Å². The second kappa shape index (κ2) is 10.6. The fourth-order valence-electron chi connectivity index (χ4n) is 5.68. The summed E-state index contributed by atoms with van der Waals surface area (Å²) in [4.78, 5) is 4.87. The fraction of sp³-hybridized carbons (Fsp3) is 0.0526. The third kappa shape index (κ3) is 4.45. The first-order valence-electron chi connectivity index (χ1n) is 14.0. The molecule has 0 spiro atoms. The number of benzene rings is 6. The zero-order valence-electron chi connectivity index (χ0n) is 23.2. The second-order valence-corrected chi connectivity index (χ2v) is 11.3. The van der Waals surface area contributed by atoms with Crippen molar-refractivity contribution >= 4 is 65.6 Å². The highest BCUT2D eigenvalue weighted by atomic mass is 32.1. The van der Waals surface area contributed by atoms with E-state index in [0.717, 1.165) is 11.4 Å². The van der Waals surface area contributed by atoms with Gasteiger partial charge in [0, 0.05) is 22.1 Å². The maximum Gasteiger partial charge on any atom is 0.105 e. The van der Waals surface area contributed by atoms with Crippen LogP contribution in [-0.4, -0.2) is 0 Å². The van der Waals surface area contributed by atoms with Gasteiger partial charge in [0.1, 0.15) is 10.0 Å². The van der Waals surface area contributed by atoms with Gasteiger partial charge in [0.15, 0.2) is 0 Å². The molecule has 7 aromatic rings. The standard InChI is InChI=1S/C38H30N2S/c1-27-28(2)38(40(32-21-7-4-8-22-32)36-26-14-18-30-16-10-12-24-34(30)36)41-37(27)39(31-19-5-3-6-20-31)35-25-13-17-29-15-9-11-23-33(29)35/h3-26H,1-2H3. The number of thiophene rings is 1. The summed E-state index contributed by atoms with van der Waals surface area (Å²) in [5, 5.41) is 7.39. The van der Waals surface area contributed by atoms with Crippen LogP contribution in [0.2, 0.25) is 0 Å². The summed E-state index contributed by atoms with van der Waals surface area (Å²) in [5.74, 6) is 0. The highest BCUT2D eigenvalue weighted by molar-refractivity contribution is 7.20. The Bertz CT molecular complexity index is 1820. The molecule has 0 N–H and O–H groups in total. The maximum absolute atomic E-state index is 2.44. The van der Waals surface area contributed by atoms with Crippen LogP contribution in [0.25, 0.3) is 21.5 Å². The molecule has 0 radical (unpaired) electrons. The van der Waals surface area contributed by atoms with E-state index >= 15 is 0 Å². The van der Waals surface area contributed by atoms with Crippen molar-refractivity contribution in [1.82, 2.24) is 0 Å². The van der Waals surface area contributed by atoms with Crippen LogP contribution < -0.4 is 9.80 Å². The topological polar surface area (TPSA) is 6.48 Å². The van der Waals surface area contributed by atoms with Gasteiger partial charge in [-0.1, -0.05) is 121 Å². The summed E-state index contributed by atoms with van der Waals surface area (Å²) < 4.78 is 0. The lowest BCUT2D eigenvalue weighted by Crippen LogP contribution is -2.10. The summed E-state index contributed by atoms with van der Waals surface area (Å²) in [6.07, 6.45) is 0. The van der Waals surface area contributed by atoms with E-state index < -0.39 is 0 Å². The van der Waals surface area contributed by atoms with Gasteiger partial charge in [-0.25, -0.2) is 0 Å². The van der Waals surface area contributed by atoms with E-state index in [2.05, 4.69) is 169 Å². The van der Waals surface area contributed by atoms with Gasteiger partial charge >= 0.3 is 0 Å². The van der Waals surface area contributed by atoms with Gasteiger partial charge in [-0.15, -0.1) is 0 Å². The lowest BCUT2D eigenvalue weighted by atomic mass is 10.1. The number of rotatable bonds is 6. The van der Waals surface area contributed by atoms with Gasteiger partial charge in [0.25, 0.3) is 0 Å². The van der Waals surface area contributed by atoms with Crippen molar-refractivity contribution in [3.63, 3.8) is 0 Å². The van der Waals surface area contributed by atoms with Crippen molar-refractivity contribution in [2.24, 2.45) is 0 Å². The molecule has 3 heteroatoms. The molecule has 0 saturated heterocycles. The van der Waals surface area contributed by atoms with Crippen molar-refractivity contribution in [2.75, 3.05) is 9.80 Å². The van der Waals surface area contributed by atoms with Crippen LogP contribution in [0, 0.1) is 13.8 Å². The van der Waals surface area contributed by atoms with Crippen molar-refractivity contribution < 1.29 is 0 Å². The van der Waals surface area contributed by atoms with Crippen LogP contribution in [-0.2, 0) is 0 Å². The smallest absolute Gasteiger partial charge is 0.105 e. The van der Waals surface area contributed by atoms with E-state index in [1.807, 2.05) is 11.3 Å². The largest absolute Gasteiger partial charge is 0.301 e. The minimum absolute atomic E-state index is 1.15. The van der Waals surface area contributed by atoms with Crippen LogP contribution in [0.4, 0.5) is 32.8 Å². The summed E-state index contributed by atoms with van der Waals surface area (Å²) in [6.45, 7) is 4.52. The molecule has 0 saturated carbocycles. The SMILES string of the molecule is Cc1c(N(c2ccccc2)c2cccc3ccccc23)sc(N(c2ccccc2)c2cccc3ccccc23)c1C. The molecule has 198 valence electrons. The normalized spacial score (nSPS) is 11.2. The van der Waals surface area contributed by atoms with Crippen molar-refractivity contribution in [3.05, 3.63) is 157 Å². The molecule has 41 heavy (non-hydrogen) atoms. The summed E-state index contributed by atoms with van der Waals surface area (Å²) in [7, 11) is 0. The molecule has 0 atom stereocenters. The number of hydrogen-bond acceptors (Lipinski definition) is 3. The maximum atomic E-state index is 2.44. The van der Waals surface area contributed by atoms with Gasteiger partial charge in [-0.3, -0.25) is 0 Å². The van der Waals surface area contributed by atoms with Crippen molar-refractivity contribution in [1.29, 1.82) is 0 Å². The number of fused-ring (bicyclic) bond motifs is 2. The first kappa shape index (κ1) is 25.1. The van der Waals surface area contributed by atoms with E-state index in [0.29, 0.717) is 0 Å². The van der Waals surface area contributed by atoms with E-state index in [-0.39, 0.29) is 0 Å². The highest BCUT2D eigenvalue weighted by Crippen LogP contribution is 2.52. The van der Waals surface area contributed by atoms with Crippen LogP contribution in [0.5, 0.6) is 0 Å². The van der Waals surface area contributed by atoms with Gasteiger partial charge in [-0.05, 0) is 72.1 Å². The number of anilines is 6. The van der Waals surface area contributed by atoms with E-state index in [1.54, 1.807) is 0 Å². The molecule has 0 aliphatic rings. The Morgan fingerprint density at radius 2 is 0.756 bits per heavy atom. The minimum Gasteiger partial charge on any atom is -0.301 e. The Balaban J connectivity index is 1.49. The van der Waals surface area contributed by atoms with Crippen LogP contribution in [0.3, 0.4) is 0 Å². The molecule has 0 bridgehead atoms. The van der Waals surface area contributed by atoms with Gasteiger partial charge in [-0.2, -0.15) is 0 Å². The third-order valence-electron chi connectivity index (χ3n) is 7.85. The lowest BCUT2D eigenvalue weighted by Gasteiger charge is -2.27. The Kier molecular flexibility index (Phi) is 6.50. The zero-order valence-corrected chi connectivity index (χ0v) is 24.0. The molecule has 0 aliphatic heterocycles. The molecule has 0 amide bonds. The summed E-state index contributed by atoms with van der Waals surface area (Å²) in [6, 6.07) is 52.0. The minimum atomic E-state index is 1.15. The number of nitrogens with zero attached hydrogens (tertiary/aromatic N) is 2. The average Bonchev–Trinajstić information content (AvgIpc) is 3.32. The van der Waals surface area contributed by atoms with Gasteiger partial charge < -0.3 is 9.80 Å². The van der Waals surface area contributed by atoms with Crippen LogP contribution >= 0.6 is 11.3 Å². The van der Waals surface area contributed by atoms with Crippen LogP contribution in [0.1, 0.15) is 11.1 Å². The second-order valence-electron chi connectivity index (χ2n) is 10.3. The molecule has 7 rings (SSSR count). The number of hydrogen-bond donors (Lipinski definition) is 0. The first-order valence-corrected chi connectivity index (χ1v) is 14.8. The molecular weight excluding hydrogens is 516 g/mol. The highest BCUT2D eigenvalue weighted by Gasteiger charge is 2.26. The Hall–Kier alpha value is -4.86. The third-order valence-corrected chi connectivity index (χ3v) is 9.21. The average molecular weight is 547 g/mol. The van der Waals surface area contributed by atoms with Crippen molar-refractivity contribution in [2.45, 2.75) is 13.8 Å². The summed E-state index contributed by atoms with van der Waals surface area (Å²) >= 11 is 1.85. The Morgan fingerprint density at radius 3 is 1.20 bits per heavy atom. The van der Waals surface area contributed by atoms with Crippen molar-refractivity contribution in [3.8, 4) is 0 Å². The van der Waals surface area contributed by atoms with E-state index in [4.69, 9.17) is 0 Å². The summed E-state index contributed by atoms with van der Waals surface area (Å²) in [5.41, 5.74) is 7.22. The first-order chi connectivity index (χ1) is 20.2. The molecule has 0 fully saturated rings. The molecule has 0 unspecified atom stereocenters. The lowest BCUT2D eigenvalue weighted by molar-refractivity contribution is 1.26. The predicted molar refractivity (Wildman–Crippen MR) is 178 cm³/mol. The Morgan fingerprint density at radius 1 is 0.390 bits per heavy atom. The van der Waals surface area contributed by atoms with E-state index in [1.165, 1.54) is 54.0 Å². The van der Waals surface area contributed by atoms with Gasteiger partial charge in [0.2, 0.25) is 0 Å². The Labute approximate surface area is 245 Å². The fourth-order valence-corrected chi connectivity index (χ4v) is 7.07. The molecule has 0 aliphatic carbocycles. The molecule has 6 aromatic carbocycles. The molecular formula is C38H30N2S. The van der Waals surface area contributed by atoms with Gasteiger partial charge in [0.05, 0.1) is 11.4 Å². The molecule has 2 nitrogen and oxygen atoms in total. The van der Waals surface area contributed by atoms with E-state index in [9.17, 15) is 0 Å². The quantitative estimate of drug-likeness (QED) is 0.205. The zero-order chi connectivity index (χ0) is 27.8. The monoisotopic (exact) mass is 546 g/mol. The predicted octanol–water partition coefficient (Wildman–Crippen LogP) is 11.6. The molecule has 1 aromatic heterocycles. The number of para-hydroxylation sites is 2. The molecule has 1 heterocycles.